The van der Waals surface area contributed by atoms with Crippen molar-refractivity contribution in [3.05, 3.63) is 46.4 Å². The summed E-state index contributed by atoms with van der Waals surface area (Å²) in [6.45, 7) is 0. The molecule has 5 heteroatoms. The third-order valence-electron chi connectivity index (χ3n) is 2.59. The lowest BCUT2D eigenvalue weighted by atomic mass is 10.2. The first kappa shape index (κ1) is 11.8. The van der Waals surface area contributed by atoms with E-state index >= 15 is 0 Å². The van der Waals surface area contributed by atoms with Crippen LogP contribution in [0.3, 0.4) is 0 Å². The van der Waals surface area contributed by atoms with E-state index in [9.17, 15) is 0 Å². The van der Waals surface area contributed by atoms with Gasteiger partial charge in [0.2, 0.25) is 0 Å². The van der Waals surface area contributed by atoms with Crippen molar-refractivity contribution in [1.82, 2.24) is 4.98 Å². The SMILES string of the molecule is Nc1cc(-c2nc3ccc(Cl)cc3s2)ccc1Cl. The number of nitrogen functional groups attached to an aromatic ring is 1. The van der Waals surface area contributed by atoms with Gasteiger partial charge in [-0.25, -0.2) is 4.98 Å². The van der Waals surface area contributed by atoms with Crippen LogP contribution in [-0.4, -0.2) is 4.98 Å². The summed E-state index contributed by atoms with van der Waals surface area (Å²) in [7, 11) is 0. The molecule has 0 radical (unpaired) electrons. The van der Waals surface area contributed by atoms with E-state index in [0.717, 1.165) is 20.8 Å². The number of rotatable bonds is 1. The third kappa shape index (κ3) is 2.05. The van der Waals surface area contributed by atoms with E-state index in [1.54, 1.807) is 17.4 Å². The van der Waals surface area contributed by atoms with Gasteiger partial charge in [0, 0.05) is 10.6 Å². The van der Waals surface area contributed by atoms with Gasteiger partial charge in [-0.1, -0.05) is 29.3 Å². The molecule has 2 N–H and O–H groups in total. The van der Waals surface area contributed by atoms with Gasteiger partial charge in [-0.3, -0.25) is 0 Å². The highest BCUT2D eigenvalue weighted by molar-refractivity contribution is 7.21. The lowest BCUT2D eigenvalue weighted by molar-refractivity contribution is 1.48. The van der Waals surface area contributed by atoms with E-state index in [4.69, 9.17) is 28.9 Å². The normalized spacial score (nSPS) is 11.0. The molecule has 0 aliphatic carbocycles. The van der Waals surface area contributed by atoms with Gasteiger partial charge >= 0.3 is 0 Å². The Bertz CT molecular complexity index is 737. The minimum atomic E-state index is 0.558. The number of hydrogen-bond acceptors (Lipinski definition) is 3. The second-order valence-electron chi connectivity index (χ2n) is 3.87. The van der Waals surface area contributed by atoms with Crippen molar-refractivity contribution in [2.24, 2.45) is 0 Å². The fourth-order valence-corrected chi connectivity index (χ4v) is 3.05. The number of aromatic nitrogens is 1. The zero-order valence-electron chi connectivity index (χ0n) is 9.15. The first-order chi connectivity index (χ1) is 8.63. The smallest absolute Gasteiger partial charge is 0.124 e. The summed E-state index contributed by atoms with van der Waals surface area (Å²) in [5.74, 6) is 0. The van der Waals surface area contributed by atoms with Gasteiger partial charge in [0.05, 0.1) is 20.9 Å². The molecular weight excluding hydrogens is 287 g/mol. The molecule has 0 saturated heterocycles. The van der Waals surface area contributed by atoms with Crippen LogP contribution in [0.1, 0.15) is 0 Å². The Morgan fingerprint density at radius 1 is 1.06 bits per heavy atom. The largest absolute Gasteiger partial charge is 0.398 e. The number of anilines is 1. The van der Waals surface area contributed by atoms with Crippen LogP contribution in [-0.2, 0) is 0 Å². The Labute approximate surface area is 118 Å². The number of halogens is 2. The standard InChI is InChI=1S/C13H8Cl2N2S/c14-8-2-4-11-12(6-8)18-13(17-11)7-1-3-9(15)10(16)5-7/h1-6H,16H2. The van der Waals surface area contributed by atoms with E-state index in [-0.39, 0.29) is 0 Å². The average Bonchev–Trinajstić information content (AvgIpc) is 2.75. The number of fused-ring (bicyclic) bond motifs is 1. The van der Waals surface area contributed by atoms with Crippen molar-refractivity contribution < 1.29 is 0 Å². The van der Waals surface area contributed by atoms with Crippen LogP contribution in [0.15, 0.2) is 36.4 Å². The van der Waals surface area contributed by atoms with Gasteiger partial charge in [-0.05, 0) is 30.3 Å². The Hall–Kier alpha value is -1.29. The molecule has 0 aliphatic heterocycles. The van der Waals surface area contributed by atoms with Gasteiger partial charge in [-0.2, -0.15) is 0 Å². The summed E-state index contributed by atoms with van der Waals surface area (Å²) >= 11 is 13.5. The first-order valence-electron chi connectivity index (χ1n) is 5.25. The van der Waals surface area contributed by atoms with Gasteiger partial charge in [0.25, 0.3) is 0 Å². The fourth-order valence-electron chi connectivity index (χ4n) is 1.70. The lowest BCUT2D eigenvalue weighted by Gasteiger charge is -2.00. The maximum absolute atomic E-state index is 5.96. The van der Waals surface area contributed by atoms with Crippen LogP contribution in [0.4, 0.5) is 5.69 Å². The van der Waals surface area contributed by atoms with Crippen molar-refractivity contribution >= 4 is 50.4 Å². The van der Waals surface area contributed by atoms with Crippen LogP contribution >= 0.6 is 34.5 Å². The van der Waals surface area contributed by atoms with Gasteiger partial charge in [0.1, 0.15) is 5.01 Å². The van der Waals surface area contributed by atoms with Gasteiger partial charge < -0.3 is 5.73 Å². The summed E-state index contributed by atoms with van der Waals surface area (Å²) < 4.78 is 1.06. The van der Waals surface area contributed by atoms with Crippen molar-refractivity contribution in [1.29, 1.82) is 0 Å². The number of nitrogens with zero attached hydrogens (tertiary/aromatic N) is 1. The van der Waals surface area contributed by atoms with Crippen LogP contribution < -0.4 is 5.73 Å². The predicted molar refractivity (Wildman–Crippen MR) is 79.5 cm³/mol. The molecule has 1 aromatic heterocycles. The Kier molecular flexibility index (Phi) is 2.90. The number of thiazole rings is 1. The Morgan fingerprint density at radius 2 is 1.89 bits per heavy atom. The minimum absolute atomic E-state index is 0.558. The second kappa shape index (κ2) is 4.43. The van der Waals surface area contributed by atoms with Crippen LogP contribution in [0.2, 0.25) is 10.0 Å². The van der Waals surface area contributed by atoms with Crippen molar-refractivity contribution in [2.75, 3.05) is 5.73 Å². The molecule has 1 heterocycles. The Balaban J connectivity index is 2.16. The molecule has 0 fully saturated rings. The summed E-state index contributed by atoms with van der Waals surface area (Å²) in [5, 5.41) is 2.19. The zero-order valence-corrected chi connectivity index (χ0v) is 11.5. The van der Waals surface area contributed by atoms with Crippen molar-refractivity contribution in [3.63, 3.8) is 0 Å². The summed E-state index contributed by atoms with van der Waals surface area (Å²) in [5.41, 5.74) is 8.27. The molecule has 90 valence electrons. The van der Waals surface area contributed by atoms with Crippen LogP contribution in [0.25, 0.3) is 20.8 Å². The molecule has 2 nitrogen and oxygen atoms in total. The molecule has 2 aromatic carbocycles. The van der Waals surface area contributed by atoms with E-state index in [1.165, 1.54) is 0 Å². The van der Waals surface area contributed by atoms with Crippen LogP contribution in [0, 0.1) is 0 Å². The molecule has 0 bridgehead atoms. The topological polar surface area (TPSA) is 38.9 Å². The molecule has 18 heavy (non-hydrogen) atoms. The molecule has 0 aliphatic rings. The van der Waals surface area contributed by atoms with Crippen molar-refractivity contribution in [2.45, 2.75) is 0 Å². The van der Waals surface area contributed by atoms with E-state index < -0.39 is 0 Å². The van der Waals surface area contributed by atoms with E-state index in [0.29, 0.717) is 15.7 Å². The molecular formula is C13H8Cl2N2S. The maximum Gasteiger partial charge on any atom is 0.124 e. The molecule has 0 atom stereocenters. The third-order valence-corrected chi connectivity index (χ3v) is 4.24. The van der Waals surface area contributed by atoms with E-state index in [2.05, 4.69) is 4.98 Å². The predicted octanol–water partition coefficient (Wildman–Crippen LogP) is 4.85. The monoisotopic (exact) mass is 294 g/mol. The highest BCUT2D eigenvalue weighted by Crippen LogP contribution is 2.33. The minimum Gasteiger partial charge on any atom is -0.398 e. The maximum atomic E-state index is 5.96. The first-order valence-corrected chi connectivity index (χ1v) is 6.82. The van der Waals surface area contributed by atoms with Crippen LogP contribution in [0.5, 0.6) is 0 Å². The molecule has 0 unspecified atom stereocenters. The van der Waals surface area contributed by atoms with E-state index in [1.807, 2.05) is 30.3 Å². The number of benzene rings is 2. The van der Waals surface area contributed by atoms with Gasteiger partial charge in [0.15, 0.2) is 0 Å². The average molecular weight is 295 g/mol. The summed E-state index contributed by atoms with van der Waals surface area (Å²) in [4.78, 5) is 4.56. The lowest BCUT2D eigenvalue weighted by Crippen LogP contribution is -1.86. The molecule has 0 amide bonds. The highest BCUT2D eigenvalue weighted by Gasteiger charge is 2.08. The Morgan fingerprint density at radius 3 is 2.67 bits per heavy atom. The molecule has 3 rings (SSSR count). The quantitative estimate of drug-likeness (QED) is 0.652. The number of hydrogen-bond donors (Lipinski definition) is 1. The zero-order chi connectivity index (χ0) is 12.7. The van der Waals surface area contributed by atoms with Gasteiger partial charge in [-0.15, -0.1) is 11.3 Å². The highest BCUT2D eigenvalue weighted by atomic mass is 35.5. The fraction of sp³-hybridized carbons (Fsp3) is 0. The summed E-state index contributed by atoms with van der Waals surface area (Å²) in [6, 6.07) is 11.2. The molecule has 3 aromatic rings. The van der Waals surface area contributed by atoms with Crippen molar-refractivity contribution in [3.8, 4) is 10.6 Å². The summed E-state index contributed by atoms with van der Waals surface area (Å²) in [6.07, 6.45) is 0. The number of nitrogens with two attached hydrogens (primary N) is 1. The molecule has 0 spiro atoms. The molecule has 0 saturated carbocycles. The second-order valence-corrected chi connectivity index (χ2v) is 5.74.